The molecule has 0 fully saturated rings. The number of unbranched alkanes of at least 4 members (excludes halogenated alkanes) is 2. The predicted octanol–water partition coefficient (Wildman–Crippen LogP) is 3.62. The van der Waals surface area contributed by atoms with Crippen LogP contribution in [0.4, 0.5) is 0 Å². The van der Waals surface area contributed by atoms with Gasteiger partial charge in [0.2, 0.25) is 0 Å². The second-order valence-corrected chi connectivity index (χ2v) is 3.81. The van der Waals surface area contributed by atoms with Crippen molar-refractivity contribution in [3.8, 4) is 0 Å². The Balaban J connectivity index is 3.70. The molecule has 0 atom stereocenters. The number of allylic oxidation sites excluding steroid dienone is 4. The van der Waals surface area contributed by atoms with Gasteiger partial charge in [-0.15, -0.1) is 0 Å². The Morgan fingerprint density at radius 2 is 1.19 bits per heavy atom. The van der Waals surface area contributed by atoms with E-state index in [0.717, 1.165) is 25.7 Å². The van der Waals surface area contributed by atoms with Crippen LogP contribution in [-0.4, -0.2) is 11.6 Å². The van der Waals surface area contributed by atoms with E-state index in [4.69, 9.17) is 0 Å². The number of ketones is 2. The third kappa shape index (κ3) is 9.38. The van der Waals surface area contributed by atoms with Crippen molar-refractivity contribution >= 4 is 11.6 Å². The van der Waals surface area contributed by atoms with Crippen LogP contribution in [0.25, 0.3) is 0 Å². The van der Waals surface area contributed by atoms with Crippen LogP contribution in [0.1, 0.15) is 52.4 Å². The molecule has 0 aromatic heterocycles. The lowest BCUT2D eigenvalue weighted by Crippen LogP contribution is -1.99. The molecule has 0 rings (SSSR count). The Kier molecular flexibility index (Phi) is 9.58. The quantitative estimate of drug-likeness (QED) is 0.558. The highest BCUT2D eigenvalue weighted by molar-refractivity contribution is 5.96. The second kappa shape index (κ2) is 10.3. The van der Waals surface area contributed by atoms with Crippen molar-refractivity contribution in [2.24, 2.45) is 0 Å². The van der Waals surface area contributed by atoms with Crippen LogP contribution in [0.15, 0.2) is 24.3 Å². The van der Waals surface area contributed by atoms with Crippen LogP contribution in [0.2, 0.25) is 0 Å². The molecule has 0 unspecified atom stereocenters. The number of carbonyl (C=O) groups excluding carboxylic acids is 2. The molecule has 0 aliphatic heterocycles. The molecule has 0 aromatic carbocycles. The number of hydrogen-bond donors (Lipinski definition) is 0. The minimum atomic E-state index is 0.0469. The molecule has 90 valence electrons. The standard InChI is InChI=1S/C14H22O2/c1-3-5-7-9-13(15)11-12-14(16)10-8-6-4-2/h7-10H,3-6,11-12H2,1-2H3/b9-7+,10-8+. The largest absolute Gasteiger partial charge is 0.295 e. The third-order valence-electron chi connectivity index (χ3n) is 2.14. The van der Waals surface area contributed by atoms with Crippen molar-refractivity contribution in [2.45, 2.75) is 52.4 Å². The normalized spacial score (nSPS) is 11.4. The highest BCUT2D eigenvalue weighted by Crippen LogP contribution is 1.98. The fourth-order valence-corrected chi connectivity index (χ4v) is 1.18. The van der Waals surface area contributed by atoms with Crippen LogP contribution in [0.3, 0.4) is 0 Å². The molecule has 0 amide bonds. The van der Waals surface area contributed by atoms with Gasteiger partial charge in [0.1, 0.15) is 0 Å². The molecule has 0 aliphatic carbocycles. The van der Waals surface area contributed by atoms with Crippen molar-refractivity contribution in [3.63, 3.8) is 0 Å². The van der Waals surface area contributed by atoms with Gasteiger partial charge in [0.15, 0.2) is 11.6 Å². The van der Waals surface area contributed by atoms with Crippen LogP contribution >= 0.6 is 0 Å². The lowest BCUT2D eigenvalue weighted by atomic mass is 10.1. The summed E-state index contributed by atoms with van der Waals surface area (Å²) < 4.78 is 0. The SMILES string of the molecule is CCC/C=C/C(=O)CCC(=O)/C=C/CCC. The van der Waals surface area contributed by atoms with Gasteiger partial charge in [0.05, 0.1) is 0 Å². The number of rotatable bonds is 9. The van der Waals surface area contributed by atoms with E-state index < -0.39 is 0 Å². The zero-order chi connectivity index (χ0) is 12.2. The van der Waals surface area contributed by atoms with Crippen molar-refractivity contribution in [1.82, 2.24) is 0 Å². The van der Waals surface area contributed by atoms with E-state index in [-0.39, 0.29) is 11.6 Å². The Morgan fingerprint density at radius 1 is 0.812 bits per heavy atom. The number of carbonyl (C=O) groups is 2. The zero-order valence-electron chi connectivity index (χ0n) is 10.4. The zero-order valence-corrected chi connectivity index (χ0v) is 10.4. The molecular weight excluding hydrogens is 200 g/mol. The first-order valence-electron chi connectivity index (χ1n) is 6.09. The lowest BCUT2D eigenvalue weighted by Gasteiger charge is -1.93. The maximum absolute atomic E-state index is 11.3. The molecule has 0 spiro atoms. The summed E-state index contributed by atoms with van der Waals surface area (Å²) in [5.41, 5.74) is 0. The first kappa shape index (κ1) is 14.8. The fourth-order valence-electron chi connectivity index (χ4n) is 1.18. The van der Waals surface area contributed by atoms with E-state index in [1.165, 1.54) is 0 Å². The highest BCUT2D eigenvalue weighted by Gasteiger charge is 2.01. The first-order valence-corrected chi connectivity index (χ1v) is 6.09. The highest BCUT2D eigenvalue weighted by atomic mass is 16.1. The smallest absolute Gasteiger partial charge is 0.155 e. The average molecular weight is 222 g/mol. The molecule has 0 bridgehead atoms. The predicted molar refractivity (Wildman–Crippen MR) is 67.3 cm³/mol. The fraction of sp³-hybridized carbons (Fsp3) is 0.571. The maximum atomic E-state index is 11.3. The van der Waals surface area contributed by atoms with Crippen LogP contribution in [0, 0.1) is 0 Å². The van der Waals surface area contributed by atoms with Gasteiger partial charge < -0.3 is 0 Å². The maximum Gasteiger partial charge on any atom is 0.155 e. The molecule has 0 saturated heterocycles. The van der Waals surface area contributed by atoms with Gasteiger partial charge in [0.25, 0.3) is 0 Å². The third-order valence-corrected chi connectivity index (χ3v) is 2.14. The van der Waals surface area contributed by atoms with Crippen LogP contribution in [-0.2, 0) is 9.59 Å². The molecule has 0 heterocycles. The van der Waals surface area contributed by atoms with Gasteiger partial charge in [0, 0.05) is 12.8 Å². The van der Waals surface area contributed by atoms with Crippen LogP contribution < -0.4 is 0 Å². The van der Waals surface area contributed by atoms with Gasteiger partial charge in [-0.2, -0.15) is 0 Å². The van der Waals surface area contributed by atoms with E-state index in [0.29, 0.717) is 12.8 Å². The van der Waals surface area contributed by atoms with Crippen molar-refractivity contribution < 1.29 is 9.59 Å². The molecule has 0 aromatic rings. The summed E-state index contributed by atoms with van der Waals surface area (Å²) >= 11 is 0. The summed E-state index contributed by atoms with van der Waals surface area (Å²) in [4.78, 5) is 22.6. The lowest BCUT2D eigenvalue weighted by molar-refractivity contribution is -0.119. The summed E-state index contributed by atoms with van der Waals surface area (Å²) in [6.45, 7) is 4.13. The Labute approximate surface area is 98.4 Å². The average Bonchev–Trinajstić information content (AvgIpc) is 2.27. The summed E-state index contributed by atoms with van der Waals surface area (Å²) in [7, 11) is 0. The van der Waals surface area contributed by atoms with Crippen molar-refractivity contribution in [3.05, 3.63) is 24.3 Å². The first-order chi connectivity index (χ1) is 7.70. The molecule has 2 nitrogen and oxygen atoms in total. The van der Waals surface area contributed by atoms with Crippen LogP contribution in [0.5, 0.6) is 0 Å². The summed E-state index contributed by atoms with van der Waals surface area (Å²) in [5.74, 6) is 0.0939. The second-order valence-electron chi connectivity index (χ2n) is 3.81. The molecular formula is C14H22O2. The minimum absolute atomic E-state index is 0.0469. The van der Waals surface area contributed by atoms with E-state index in [9.17, 15) is 9.59 Å². The van der Waals surface area contributed by atoms with Crippen molar-refractivity contribution in [2.75, 3.05) is 0 Å². The molecule has 0 aliphatic rings. The monoisotopic (exact) mass is 222 g/mol. The molecule has 0 radical (unpaired) electrons. The Morgan fingerprint density at radius 3 is 1.50 bits per heavy atom. The topological polar surface area (TPSA) is 34.1 Å². The van der Waals surface area contributed by atoms with Crippen molar-refractivity contribution in [1.29, 1.82) is 0 Å². The van der Waals surface area contributed by atoms with Gasteiger partial charge >= 0.3 is 0 Å². The Bertz CT molecular complexity index is 234. The molecule has 0 N–H and O–H groups in total. The Hall–Kier alpha value is -1.18. The molecule has 16 heavy (non-hydrogen) atoms. The van der Waals surface area contributed by atoms with E-state index in [2.05, 4.69) is 13.8 Å². The number of hydrogen-bond acceptors (Lipinski definition) is 2. The van der Waals surface area contributed by atoms with Gasteiger partial charge in [-0.05, 0) is 25.0 Å². The molecule has 2 heteroatoms. The van der Waals surface area contributed by atoms with Gasteiger partial charge in [-0.3, -0.25) is 9.59 Å². The summed E-state index contributed by atoms with van der Waals surface area (Å²) in [6.07, 6.45) is 11.5. The van der Waals surface area contributed by atoms with E-state index in [1.54, 1.807) is 12.2 Å². The molecule has 0 saturated carbocycles. The van der Waals surface area contributed by atoms with E-state index >= 15 is 0 Å². The van der Waals surface area contributed by atoms with Gasteiger partial charge in [-0.1, -0.05) is 38.8 Å². The van der Waals surface area contributed by atoms with Gasteiger partial charge in [-0.25, -0.2) is 0 Å². The summed E-state index contributed by atoms with van der Waals surface area (Å²) in [6, 6.07) is 0. The minimum Gasteiger partial charge on any atom is -0.295 e. The summed E-state index contributed by atoms with van der Waals surface area (Å²) in [5, 5.41) is 0. The van der Waals surface area contributed by atoms with E-state index in [1.807, 2.05) is 12.2 Å².